The number of ether oxygens (including phenoxy) is 2. The molecule has 0 saturated heterocycles. The molecular weight excluding hydrogens is 341 g/mol. The molecule has 0 atom stereocenters. The van der Waals surface area contributed by atoms with Gasteiger partial charge >= 0.3 is 18.3 Å². The molecule has 0 unspecified atom stereocenters. The Morgan fingerprint density at radius 2 is 1.60 bits per heavy atom. The number of hydrogen-bond donors (Lipinski definition) is 1. The number of carbonyl (C=O) groups is 2. The molecule has 1 aromatic rings. The van der Waals surface area contributed by atoms with E-state index in [1.54, 1.807) is 12.1 Å². The number of alkyl halides is 3. The van der Waals surface area contributed by atoms with Gasteiger partial charge in [0.25, 0.3) is 0 Å². The molecule has 0 radical (unpaired) electrons. The Morgan fingerprint density at radius 1 is 1.04 bits per heavy atom. The largest absolute Gasteiger partial charge is 0.522 e. The Kier molecular flexibility index (Phi) is 6.19. The van der Waals surface area contributed by atoms with Crippen LogP contribution in [0, 0.1) is 0 Å². The van der Waals surface area contributed by atoms with Crippen LogP contribution in [0.5, 0.6) is 0 Å². The van der Waals surface area contributed by atoms with E-state index in [2.05, 4.69) is 4.74 Å². The smallest absolute Gasteiger partial charge is 0.478 e. The number of hydrogen-bond acceptors (Lipinski definition) is 4. The maximum atomic E-state index is 12.2. The number of rotatable bonds is 5. The number of carboxylic acid groups (broad SMARTS) is 1. The van der Waals surface area contributed by atoms with Crippen molar-refractivity contribution in [2.45, 2.75) is 44.3 Å². The van der Waals surface area contributed by atoms with Crippen molar-refractivity contribution < 1.29 is 37.3 Å². The summed E-state index contributed by atoms with van der Waals surface area (Å²) < 4.78 is 45.8. The molecule has 0 bridgehead atoms. The van der Waals surface area contributed by atoms with E-state index in [0.29, 0.717) is 24.0 Å². The minimum Gasteiger partial charge on any atom is -0.478 e. The highest BCUT2D eigenvalue weighted by Crippen LogP contribution is 2.29. The van der Waals surface area contributed by atoms with E-state index < -0.39 is 30.5 Å². The minimum atomic E-state index is -4.65. The van der Waals surface area contributed by atoms with E-state index in [-0.39, 0.29) is 12.8 Å². The van der Waals surface area contributed by atoms with Crippen LogP contribution in [0.2, 0.25) is 0 Å². The third-order valence-corrected chi connectivity index (χ3v) is 3.76. The summed E-state index contributed by atoms with van der Waals surface area (Å²) in [4.78, 5) is 22.5. The van der Waals surface area contributed by atoms with Crippen LogP contribution in [-0.4, -0.2) is 35.6 Å². The highest BCUT2D eigenvalue weighted by atomic mass is 19.4. The molecule has 0 aromatic heterocycles. The molecular formula is C17H17F3O5. The van der Waals surface area contributed by atoms with E-state index >= 15 is 0 Å². The highest BCUT2D eigenvalue weighted by molar-refractivity contribution is 5.90. The molecule has 136 valence electrons. The summed E-state index contributed by atoms with van der Waals surface area (Å²) in [6.45, 7) is 0. The first-order chi connectivity index (χ1) is 11.7. The molecule has 1 saturated carbocycles. The number of halogens is 3. The molecule has 0 aliphatic heterocycles. The normalized spacial score (nSPS) is 21.2. The number of benzene rings is 1. The zero-order valence-electron chi connectivity index (χ0n) is 13.2. The van der Waals surface area contributed by atoms with Gasteiger partial charge in [-0.25, -0.2) is 9.59 Å². The maximum Gasteiger partial charge on any atom is 0.522 e. The van der Waals surface area contributed by atoms with Gasteiger partial charge in [-0.15, -0.1) is 13.2 Å². The van der Waals surface area contributed by atoms with Gasteiger partial charge in [-0.1, -0.05) is 12.1 Å². The van der Waals surface area contributed by atoms with Crippen LogP contribution in [-0.2, 0) is 14.3 Å². The van der Waals surface area contributed by atoms with Crippen LogP contribution >= 0.6 is 0 Å². The number of carbonyl (C=O) groups excluding carboxylic acids is 1. The van der Waals surface area contributed by atoms with E-state index in [1.807, 2.05) is 0 Å². The third kappa shape index (κ3) is 6.58. The van der Waals surface area contributed by atoms with Crippen molar-refractivity contribution in [1.29, 1.82) is 0 Å². The van der Waals surface area contributed by atoms with Crippen LogP contribution < -0.4 is 0 Å². The summed E-state index contributed by atoms with van der Waals surface area (Å²) in [7, 11) is 0. The second kappa shape index (κ2) is 8.15. The van der Waals surface area contributed by atoms with Gasteiger partial charge in [-0.05, 0) is 49.5 Å². The Balaban J connectivity index is 1.83. The molecule has 2 rings (SSSR count). The molecule has 0 amide bonds. The summed E-state index contributed by atoms with van der Waals surface area (Å²) >= 11 is 0. The molecule has 0 spiro atoms. The number of esters is 1. The van der Waals surface area contributed by atoms with Crippen LogP contribution in [0.25, 0.3) is 6.08 Å². The van der Waals surface area contributed by atoms with Gasteiger partial charge in [0.1, 0.15) is 6.10 Å². The van der Waals surface area contributed by atoms with Gasteiger partial charge in [0, 0.05) is 6.08 Å². The van der Waals surface area contributed by atoms with E-state index in [9.17, 15) is 22.8 Å². The fourth-order valence-electron chi connectivity index (χ4n) is 2.57. The first kappa shape index (κ1) is 19.0. The molecule has 1 aliphatic carbocycles. The Hall–Kier alpha value is -2.35. The topological polar surface area (TPSA) is 72.8 Å². The second-order valence-corrected chi connectivity index (χ2v) is 5.66. The summed E-state index contributed by atoms with van der Waals surface area (Å²) in [6, 6.07) is 6.15. The lowest BCUT2D eigenvalue weighted by molar-refractivity contribution is -0.346. The Morgan fingerprint density at radius 3 is 2.12 bits per heavy atom. The summed E-state index contributed by atoms with van der Waals surface area (Å²) in [5, 5.41) is 8.55. The maximum absolute atomic E-state index is 12.2. The van der Waals surface area contributed by atoms with Gasteiger partial charge in [0.15, 0.2) is 0 Å². The molecule has 8 heteroatoms. The highest BCUT2D eigenvalue weighted by Gasteiger charge is 2.36. The molecule has 1 aromatic carbocycles. The van der Waals surface area contributed by atoms with Crippen molar-refractivity contribution in [3.8, 4) is 0 Å². The number of aliphatic carboxylic acids is 1. The minimum absolute atomic E-state index is 0.177. The first-order valence-corrected chi connectivity index (χ1v) is 7.69. The zero-order chi connectivity index (χ0) is 18.4. The predicted molar refractivity (Wildman–Crippen MR) is 81.7 cm³/mol. The zero-order valence-corrected chi connectivity index (χ0v) is 13.2. The monoisotopic (exact) mass is 358 g/mol. The fraction of sp³-hybridized carbons (Fsp3) is 0.412. The molecule has 1 aliphatic rings. The lowest BCUT2D eigenvalue weighted by atomic mass is 9.95. The summed E-state index contributed by atoms with van der Waals surface area (Å²) in [5.41, 5.74) is 0.907. The average Bonchev–Trinajstić information content (AvgIpc) is 2.54. The van der Waals surface area contributed by atoms with Gasteiger partial charge in [-0.3, -0.25) is 4.74 Å². The van der Waals surface area contributed by atoms with E-state index in [0.717, 1.165) is 6.08 Å². The Labute approximate surface area is 142 Å². The first-order valence-electron chi connectivity index (χ1n) is 7.69. The van der Waals surface area contributed by atoms with Gasteiger partial charge in [-0.2, -0.15) is 0 Å². The van der Waals surface area contributed by atoms with Crippen molar-refractivity contribution in [2.24, 2.45) is 0 Å². The average molecular weight is 358 g/mol. The van der Waals surface area contributed by atoms with Crippen molar-refractivity contribution in [3.63, 3.8) is 0 Å². The van der Waals surface area contributed by atoms with Crippen molar-refractivity contribution in [2.75, 3.05) is 0 Å². The molecule has 25 heavy (non-hydrogen) atoms. The van der Waals surface area contributed by atoms with Crippen molar-refractivity contribution in [1.82, 2.24) is 0 Å². The van der Waals surface area contributed by atoms with Crippen molar-refractivity contribution >= 4 is 18.0 Å². The predicted octanol–water partition coefficient (Wildman–Crippen LogP) is 3.79. The molecule has 5 nitrogen and oxygen atoms in total. The second-order valence-electron chi connectivity index (χ2n) is 5.66. The lowest BCUT2D eigenvalue weighted by Crippen LogP contribution is -2.31. The standard InChI is InChI=1S/C17H17F3O5/c18-17(19,20)25-14-8-6-13(7-9-14)24-16(23)12-4-1-11(2-5-12)3-10-15(21)22/h1-5,10,13-14H,6-9H2,(H,21,22)/b10-3+. The SMILES string of the molecule is O=C(O)/C=C/c1ccc(C(=O)OC2CCC(OC(F)(F)F)CC2)cc1. The van der Waals surface area contributed by atoms with E-state index in [1.165, 1.54) is 18.2 Å². The van der Waals surface area contributed by atoms with Gasteiger partial charge in [0.2, 0.25) is 0 Å². The van der Waals surface area contributed by atoms with Crippen LogP contribution in [0.3, 0.4) is 0 Å². The third-order valence-electron chi connectivity index (χ3n) is 3.76. The molecule has 1 fully saturated rings. The van der Waals surface area contributed by atoms with Gasteiger partial charge < -0.3 is 9.84 Å². The number of carboxylic acids is 1. The summed E-state index contributed by atoms with van der Waals surface area (Å²) in [5.74, 6) is -1.64. The van der Waals surface area contributed by atoms with Crippen LogP contribution in [0.15, 0.2) is 30.3 Å². The Bertz CT molecular complexity index is 629. The van der Waals surface area contributed by atoms with Gasteiger partial charge in [0.05, 0.1) is 11.7 Å². The van der Waals surface area contributed by atoms with Crippen LogP contribution in [0.1, 0.15) is 41.6 Å². The van der Waals surface area contributed by atoms with E-state index in [4.69, 9.17) is 9.84 Å². The van der Waals surface area contributed by atoms with Crippen LogP contribution in [0.4, 0.5) is 13.2 Å². The molecule has 1 N–H and O–H groups in total. The quantitative estimate of drug-likeness (QED) is 0.640. The summed E-state index contributed by atoms with van der Waals surface area (Å²) in [6.07, 6.45) is -2.63. The molecule has 0 heterocycles. The fourth-order valence-corrected chi connectivity index (χ4v) is 2.57. The van der Waals surface area contributed by atoms with Crippen molar-refractivity contribution in [3.05, 3.63) is 41.5 Å². The lowest BCUT2D eigenvalue weighted by Gasteiger charge is -2.28.